The molecule has 0 aliphatic rings. The molecular weight excluding hydrogens is 350 g/mol. The summed E-state index contributed by atoms with van der Waals surface area (Å²) < 4.78 is 7.72. The van der Waals surface area contributed by atoms with Gasteiger partial charge in [-0.05, 0) is 48.4 Å². The van der Waals surface area contributed by atoms with Gasteiger partial charge in [0.05, 0.1) is 12.2 Å². The monoisotopic (exact) mass is 371 g/mol. The van der Waals surface area contributed by atoms with E-state index in [-0.39, 0.29) is 5.91 Å². The lowest BCUT2D eigenvalue weighted by atomic mass is 10.2. The molecule has 2 heterocycles. The Balaban J connectivity index is 1.34. The minimum absolute atomic E-state index is 0.136. The molecule has 0 radical (unpaired) electrons. The first-order chi connectivity index (χ1) is 13.7. The van der Waals surface area contributed by atoms with E-state index in [4.69, 9.17) is 4.74 Å². The van der Waals surface area contributed by atoms with Crippen molar-refractivity contribution in [3.05, 3.63) is 102 Å². The van der Waals surface area contributed by atoms with Crippen molar-refractivity contribution >= 4 is 11.6 Å². The molecule has 5 nitrogen and oxygen atoms in total. The standard InChI is InChI=1S/C23H21N3O2/c1-17-6-5-13-26-15-20(25-22(17)26)14-24-23(27)19-9-11-21(12-10-19)28-16-18-7-3-2-4-8-18/h2-13,15H,14,16H2,1H3,(H,24,27). The molecule has 5 heteroatoms. The number of amides is 1. The lowest BCUT2D eigenvalue weighted by Gasteiger charge is -2.07. The number of hydrogen-bond acceptors (Lipinski definition) is 3. The van der Waals surface area contributed by atoms with Gasteiger partial charge in [-0.3, -0.25) is 4.79 Å². The van der Waals surface area contributed by atoms with Gasteiger partial charge in [-0.1, -0.05) is 36.4 Å². The summed E-state index contributed by atoms with van der Waals surface area (Å²) in [6.07, 6.45) is 3.89. The first-order valence-electron chi connectivity index (χ1n) is 9.17. The minimum atomic E-state index is -0.136. The molecule has 2 aromatic heterocycles. The molecule has 0 aliphatic heterocycles. The number of carbonyl (C=O) groups excluding carboxylic acids is 1. The van der Waals surface area contributed by atoms with E-state index in [0.717, 1.165) is 28.2 Å². The first kappa shape index (κ1) is 17.8. The van der Waals surface area contributed by atoms with Crippen molar-refractivity contribution in [3.8, 4) is 5.75 Å². The average molecular weight is 371 g/mol. The van der Waals surface area contributed by atoms with Gasteiger partial charge >= 0.3 is 0 Å². The Kier molecular flexibility index (Phi) is 5.06. The van der Waals surface area contributed by atoms with Gasteiger partial charge in [0.2, 0.25) is 0 Å². The smallest absolute Gasteiger partial charge is 0.251 e. The van der Waals surface area contributed by atoms with Crippen LogP contribution in [0.4, 0.5) is 0 Å². The van der Waals surface area contributed by atoms with Crippen LogP contribution in [0, 0.1) is 6.92 Å². The Hall–Kier alpha value is -3.60. The second-order valence-electron chi connectivity index (χ2n) is 6.64. The molecule has 0 unspecified atom stereocenters. The van der Waals surface area contributed by atoms with Gasteiger partial charge in [-0.2, -0.15) is 0 Å². The van der Waals surface area contributed by atoms with Gasteiger partial charge < -0.3 is 14.5 Å². The molecule has 28 heavy (non-hydrogen) atoms. The molecule has 140 valence electrons. The fraction of sp³-hybridized carbons (Fsp3) is 0.130. The highest BCUT2D eigenvalue weighted by Gasteiger charge is 2.08. The van der Waals surface area contributed by atoms with Gasteiger partial charge in [0.15, 0.2) is 0 Å². The number of aromatic nitrogens is 2. The summed E-state index contributed by atoms with van der Waals surface area (Å²) in [5, 5.41) is 2.92. The molecule has 2 aromatic carbocycles. The number of hydrogen-bond donors (Lipinski definition) is 1. The number of rotatable bonds is 6. The normalized spacial score (nSPS) is 10.8. The quantitative estimate of drug-likeness (QED) is 0.554. The van der Waals surface area contributed by atoms with Crippen LogP contribution in [0.1, 0.15) is 27.2 Å². The van der Waals surface area contributed by atoms with E-state index < -0.39 is 0 Å². The molecule has 0 saturated heterocycles. The van der Waals surface area contributed by atoms with Crippen molar-refractivity contribution < 1.29 is 9.53 Å². The van der Waals surface area contributed by atoms with Crippen molar-refractivity contribution in [1.29, 1.82) is 0 Å². The molecule has 0 spiro atoms. The van der Waals surface area contributed by atoms with E-state index in [1.807, 2.05) is 78.3 Å². The zero-order chi connectivity index (χ0) is 19.3. The van der Waals surface area contributed by atoms with Gasteiger partial charge in [-0.25, -0.2) is 4.98 Å². The maximum atomic E-state index is 12.4. The molecule has 0 fully saturated rings. The van der Waals surface area contributed by atoms with Crippen LogP contribution in [-0.4, -0.2) is 15.3 Å². The zero-order valence-corrected chi connectivity index (χ0v) is 15.6. The summed E-state index contributed by atoms with van der Waals surface area (Å²) in [5.74, 6) is 0.597. The highest BCUT2D eigenvalue weighted by Crippen LogP contribution is 2.15. The number of nitrogens with zero attached hydrogens (tertiary/aromatic N) is 2. The van der Waals surface area contributed by atoms with Crippen molar-refractivity contribution in [2.75, 3.05) is 0 Å². The van der Waals surface area contributed by atoms with Crippen LogP contribution >= 0.6 is 0 Å². The SMILES string of the molecule is Cc1cccn2cc(CNC(=O)c3ccc(OCc4ccccc4)cc3)nc12. The fourth-order valence-corrected chi connectivity index (χ4v) is 3.01. The predicted octanol–water partition coefficient (Wildman–Crippen LogP) is 4.15. The van der Waals surface area contributed by atoms with Crippen LogP contribution in [0.3, 0.4) is 0 Å². The molecule has 1 amide bonds. The highest BCUT2D eigenvalue weighted by atomic mass is 16.5. The number of ether oxygens (including phenoxy) is 1. The van der Waals surface area contributed by atoms with Gasteiger partial charge in [-0.15, -0.1) is 0 Å². The number of carbonyl (C=O) groups is 1. The van der Waals surface area contributed by atoms with E-state index in [9.17, 15) is 4.79 Å². The molecule has 0 aliphatic carbocycles. The number of aryl methyl sites for hydroxylation is 1. The molecule has 0 atom stereocenters. The van der Waals surface area contributed by atoms with Crippen molar-refractivity contribution in [2.45, 2.75) is 20.1 Å². The Labute approximate surface area is 163 Å². The maximum absolute atomic E-state index is 12.4. The number of benzene rings is 2. The van der Waals surface area contributed by atoms with E-state index in [1.54, 1.807) is 12.1 Å². The van der Waals surface area contributed by atoms with Crippen LogP contribution in [0.2, 0.25) is 0 Å². The average Bonchev–Trinajstić information content (AvgIpc) is 3.16. The second-order valence-corrected chi connectivity index (χ2v) is 6.64. The number of nitrogens with one attached hydrogen (secondary N) is 1. The van der Waals surface area contributed by atoms with Crippen molar-refractivity contribution in [2.24, 2.45) is 0 Å². The third-order valence-electron chi connectivity index (χ3n) is 4.52. The third kappa shape index (κ3) is 4.04. The minimum Gasteiger partial charge on any atom is -0.489 e. The van der Waals surface area contributed by atoms with Gasteiger partial charge in [0.25, 0.3) is 5.91 Å². The number of fused-ring (bicyclic) bond motifs is 1. The summed E-state index contributed by atoms with van der Waals surface area (Å²) in [4.78, 5) is 17.0. The largest absolute Gasteiger partial charge is 0.489 e. The van der Waals surface area contributed by atoms with Crippen LogP contribution in [0.25, 0.3) is 5.65 Å². The van der Waals surface area contributed by atoms with E-state index in [0.29, 0.717) is 18.7 Å². The van der Waals surface area contributed by atoms with Crippen LogP contribution < -0.4 is 10.1 Å². The number of imidazole rings is 1. The van der Waals surface area contributed by atoms with Crippen LogP contribution in [0.15, 0.2) is 79.1 Å². The molecule has 0 saturated carbocycles. The zero-order valence-electron chi connectivity index (χ0n) is 15.6. The highest BCUT2D eigenvalue weighted by molar-refractivity contribution is 5.94. The van der Waals surface area contributed by atoms with E-state index >= 15 is 0 Å². The fourth-order valence-electron chi connectivity index (χ4n) is 3.01. The molecule has 0 bridgehead atoms. The van der Waals surface area contributed by atoms with Crippen molar-refractivity contribution in [3.63, 3.8) is 0 Å². The Morgan fingerprint density at radius 1 is 1.04 bits per heavy atom. The summed E-state index contributed by atoms with van der Waals surface area (Å²) in [6.45, 7) is 2.90. The summed E-state index contributed by atoms with van der Waals surface area (Å²) in [7, 11) is 0. The number of pyridine rings is 1. The Bertz CT molecular complexity index is 1090. The van der Waals surface area contributed by atoms with Crippen LogP contribution in [-0.2, 0) is 13.2 Å². The second kappa shape index (κ2) is 7.96. The van der Waals surface area contributed by atoms with Gasteiger partial charge in [0.1, 0.15) is 18.0 Å². The van der Waals surface area contributed by atoms with E-state index in [1.165, 1.54) is 0 Å². The molecular formula is C23H21N3O2. The summed E-state index contributed by atoms with van der Waals surface area (Å²) in [6, 6.07) is 21.1. The van der Waals surface area contributed by atoms with Crippen LogP contribution in [0.5, 0.6) is 5.75 Å². The van der Waals surface area contributed by atoms with Crippen molar-refractivity contribution in [1.82, 2.24) is 14.7 Å². The topological polar surface area (TPSA) is 55.6 Å². The summed E-state index contributed by atoms with van der Waals surface area (Å²) >= 11 is 0. The van der Waals surface area contributed by atoms with Gasteiger partial charge in [0, 0.05) is 18.0 Å². The summed E-state index contributed by atoms with van der Waals surface area (Å²) in [5.41, 5.74) is 4.53. The maximum Gasteiger partial charge on any atom is 0.251 e. The Morgan fingerprint density at radius 2 is 1.82 bits per heavy atom. The lowest BCUT2D eigenvalue weighted by molar-refractivity contribution is 0.0950. The molecule has 4 rings (SSSR count). The van der Waals surface area contributed by atoms with E-state index in [2.05, 4.69) is 10.3 Å². The third-order valence-corrected chi connectivity index (χ3v) is 4.52. The Morgan fingerprint density at radius 3 is 2.57 bits per heavy atom. The predicted molar refractivity (Wildman–Crippen MR) is 108 cm³/mol. The molecule has 1 N–H and O–H groups in total. The molecule has 4 aromatic rings. The lowest BCUT2D eigenvalue weighted by Crippen LogP contribution is -2.22. The first-order valence-corrected chi connectivity index (χ1v) is 9.17.